The Morgan fingerprint density at radius 3 is 2.39 bits per heavy atom. The number of nitrogens with zero attached hydrogens (tertiary/aromatic N) is 1. The number of halogens is 3. The van der Waals surface area contributed by atoms with Crippen LogP contribution in [0.1, 0.15) is 15.9 Å². The number of rotatable bonds is 9. The maximum atomic E-state index is 13.3. The van der Waals surface area contributed by atoms with Gasteiger partial charge in [0.15, 0.2) is 5.76 Å². The number of carboxylic acid groups (broad SMARTS) is 1. The van der Waals surface area contributed by atoms with Crippen LogP contribution in [-0.2, 0) is 11.2 Å². The second-order valence-corrected chi connectivity index (χ2v) is 8.97. The number of aliphatic carboxylic acids is 1. The van der Waals surface area contributed by atoms with Crippen LogP contribution in [0.15, 0.2) is 71.3 Å². The lowest BCUT2D eigenvalue weighted by Gasteiger charge is -2.10. The monoisotopic (exact) mass is 544 g/mol. The highest BCUT2D eigenvalue weighted by Crippen LogP contribution is 2.33. The second-order valence-electron chi connectivity index (χ2n) is 7.69. The molecule has 1 heterocycles. The molecular formula is C26H19Cl3N2O5. The van der Waals surface area contributed by atoms with Crippen molar-refractivity contribution in [3.05, 3.63) is 92.9 Å². The van der Waals surface area contributed by atoms with Gasteiger partial charge in [-0.1, -0.05) is 76.4 Å². The number of ether oxygens (including phenoxy) is 1. The van der Waals surface area contributed by atoms with Crippen molar-refractivity contribution in [3.8, 4) is 28.3 Å². The van der Waals surface area contributed by atoms with Crippen LogP contribution in [0.25, 0.3) is 22.6 Å². The Labute approximate surface area is 221 Å². The van der Waals surface area contributed by atoms with Crippen LogP contribution >= 0.6 is 34.8 Å². The summed E-state index contributed by atoms with van der Waals surface area (Å²) in [5, 5.41) is 17.3. The standard InChI is InChI=1S/C26H19Cl3N2O5/c27-18-3-1-2-17(13-18)25-23(24(31-36-25)16-6-4-15(5-7-16)12-22(32)33)26(34)30-10-11-35-21-9-8-19(28)14-20(21)29/h1-9,13-14H,10-12H2,(H,30,34)(H,32,33). The van der Waals surface area contributed by atoms with E-state index in [1.807, 2.05) is 0 Å². The summed E-state index contributed by atoms with van der Waals surface area (Å²) in [7, 11) is 0. The molecule has 0 spiro atoms. The number of benzene rings is 3. The number of amides is 1. The van der Waals surface area contributed by atoms with Crippen LogP contribution in [0.2, 0.25) is 15.1 Å². The molecule has 7 nitrogen and oxygen atoms in total. The molecule has 2 N–H and O–H groups in total. The number of hydrogen-bond acceptors (Lipinski definition) is 5. The molecular weight excluding hydrogens is 527 g/mol. The van der Waals surface area contributed by atoms with E-state index in [1.165, 1.54) is 0 Å². The Bertz CT molecular complexity index is 1400. The van der Waals surface area contributed by atoms with Crippen molar-refractivity contribution in [1.29, 1.82) is 0 Å². The molecule has 4 rings (SSSR count). The predicted octanol–water partition coefficient (Wildman–Crippen LogP) is 6.40. The predicted molar refractivity (Wildman–Crippen MR) is 138 cm³/mol. The first-order chi connectivity index (χ1) is 17.3. The quantitative estimate of drug-likeness (QED) is 0.236. The van der Waals surface area contributed by atoms with Gasteiger partial charge < -0.3 is 19.7 Å². The molecule has 0 saturated carbocycles. The summed E-state index contributed by atoms with van der Waals surface area (Å²) in [5.41, 5.74) is 2.32. The minimum Gasteiger partial charge on any atom is -0.490 e. The summed E-state index contributed by atoms with van der Waals surface area (Å²) in [6.45, 7) is 0.332. The molecule has 3 aromatic carbocycles. The van der Waals surface area contributed by atoms with E-state index in [0.717, 1.165) is 0 Å². The Balaban J connectivity index is 1.57. The van der Waals surface area contributed by atoms with Gasteiger partial charge in [0.05, 0.1) is 18.0 Å². The van der Waals surface area contributed by atoms with Gasteiger partial charge >= 0.3 is 5.97 Å². The van der Waals surface area contributed by atoms with Crippen LogP contribution in [0, 0.1) is 0 Å². The van der Waals surface area contributed by atoms with Gasteiger partial charge in [0.2, 0.25) is 0 Å². The zero-order valence-electron chi connectivity index (χ0n) is 18.6. The Hall–Kier alpha value is -3.52. The van der Waals surface area contributed by atoms with Crippen molar-refractivity contribution < 1.29 is 24.0 Å². The third-order valence-electron chi connectivity index (χ3n) is 5.13. The first-order valence-electron chi connectivity index (χ1n) is 10.7. The molecule has 1 amide bonds. The van der Waals surface area contributed by atoms with Crippen LogP contribution in [0.3, 0.4) is 0 Å². The number of nitrogens with one attached hydrogen (secondary N) is 1. The molecule has 36 heavy (non-hydrogen) atoms. The number of carbonyl (C=O) groups is 2. The minimum atomic E-state index is -0.936. The van der Waals surface area contributed by atoms with E-state index in [2.05, 4.69) is 10.5 Å². The molecule has 0 radical (unpaired) electrons. The number of carbonyl (C=O) groups excluding carboxylic acids is 1. The van der Waals surface area contributed by atoms with Crippen LogP contribution < -0.4 is 10.1 Å². The number of carboxylic acids is 1. The number of hydrogen-bond donors (Lipinski definition) is 2. The summed E-state index contributed by atoms with van der Waals surface area (Å²) >= 11 is 18.2. The van der Waals surface area contributed by atoms with Gasteiger partial charge in [0, 0.05) is 21.2 Å². The van der Waals surface area contributed by atoms with Gasteiger partial charge in [-0.25, -0.2) is 0 Å². The molecule has 0 aliphatic rings. The first kappa shape index (κ1) is 25.6. The van der Waals surface area contributed by atoms with Crippen LogP contribution in [0.5, 0.6) is 5.75 Å². The smallest absolute Gasteiger partial charge is 0.307 e. The molecule has 0 atom stereocenters. The number of aromatic nitrogens is 1. The highest BCUT2D eigenvalue weighted by atomic mass is 35.5. The van der Waals surface area contributed by atoms with Crippen LogP contribution in [0.4, 0.5) is 0 Å². The van der Waals surface area contributed by atoms with E-state index in [4.69, 9.17) is 49.2 Å². The summed E-state index contributed by atoms with van der Waals surface area (Å²) in [6, 6.07) is 18.5. The Kier molecular flexibility index (Phi) is 8.15. The van der Waals surface area contributed by atoms with Crippen molar-refractivity contribution in [2.24, 2.45) is 0 Å². The Morgan fingerprint density at radius 1 is 0.944 bits per heavy atom. The molecule has 0 fully saturated rings. The average Bonchev–Trinajstić information content (AvgIpc) is 3.28. The third kappa shape index (κ3) is 6.18. The van der Waals surface area contributed by atoms with Crippen molar-refractivity contribution in [2.45, 2.75) is 6.42 Å². The fraction of sp³-hybridized carbons (Fsp3) is 0.115. The third-order valence-corrected chi connectivity index (χ3v) is 5.89. The van der Waals surface area contributed by atoms with Gasteiger partial charge in [0.1, 0.15) is 23.6 Å². The molecule has 1 aromatic heterocycles. The van der Waals surface area contributed by atoms with E-state index in [-0.39, 0.29) is 30.9 Å². The van der Waals surface area contributed by atoms with E-state index in [9.17, 15) is 9.59 Å². The molecule has 0 aliphatic carbocycles. The van der Waals surface area contributed by atoms with E-state index >= 15 is 0 Å². The fourth-order valence-electron chi connectivity index (χ4n) is 3.49. The second kappa shape index (κ2) is 11.5. The zero-order valence-corrected chi connectivity index (χ0v) is 20.9. The maximum absolute atomic E-state index is 13.3. The van der Waals surface area contributed by atoms with Gasteiger partial charge in [-0.3, -0.25) is 9.59 Å². The van der Waals surface area contributed by atoms with Crippen LogP contribution in [-0.4, -0.2) is 35.3 Å². The SMILES string of the molecule is O=C(O)Cc1ccc(-c2noc(-c3cccc(Cl)c3)c2C(=O)NCCOc2ccc(Cl)cc2Cl)cc1. The lowest BCUT2D eigenvalue weighted by atomic mass is 10.0. The van der Waals surface area contributed by atoms with E-state index < -0.39 is 11.9 Å². The average molecular weight is 546 g/mol. The lowest BCUT2D eigenvalue weighted by molar-refractivity contribution is -0.136. The zero-order chi connectivity index (χ0) is 25.7. The van der Waals surface area contributed by atoms with Gasteiger partial charge in [0.25, 0.3) is 5.91 Å². The fourth-order valence-corrected chi connectivity index (χ4v) is 4.14. The molecule has 0 bridgehead atoms. The lowest BCUT2D eigenvalue weighted by Crippen LogP contribution is -2.28. The van der Waals surface area contributed by atoms with Gasteiger partial charge in [-0.15, -0.1) is 0 Å². The molecule has 184 valence electrons. The van der Waals surface area contributed by atoms with Gasteiger partial charge in [-0.05, 0) is 35.9 Å². The highest BCUT2D eigenvalue weighted by Gasteiger charge is 2.25. The molecule has 0 saturated heterocycles. The van der Waals surface area contributed by atoms with E-state index in [1.54, 1.807) is 66.7 Å². The van der Waals surface area contributed by atoms with Crippen molar-refractivity contribution in [3.63, 3.8) is 0 Å². The topological polar surface area (TPSA) is 102 Å². The van der Waals surface area contributed by atoms with Crippen molar-refractivity contribution in [2.75, 3.05) is 13.2 Å². The summed E-state index contributed by atoms with van der Waals surface area (Å²) in [6.07, 6.45) is -0.113. The maximum Gasteiger partial charge on any atom is 0.307 e. The normalized spacial score (nSPS) is 10.8. The molecule has 0 unspecified atom stereocenters. The minimum absolute atomic E-state index is 0.113. The molecule has 0 aliphatic heterocycles. The summed E-state index contributed by atoms with van der Waals surface area (Å²) in [4.78, 5) is 24.3. The molecule has 10 heteroatoms. The van der Waals surface area contributed by atoms with E-state index in [0.29, 0.717) is 43.2 Å². The summed E-state index contributed by atoms with van der Waals surface area (Å²) < 4.78 is 11.2. The van der Waals surface area contributed by atoms with Gasteiger partial charge in [-0.2, -0.15) is 0 Å². The molecule has 4 aromatic rings. The van der Waals surface area contributed by atoms with Crippen molar-refractivity contribution in [1.82, 2.24) is 10.5 Å². The first-order valence-corrected chi connectivity index (χ1v) is 11.9. The largest absolute Gasteiger partial charge is 0.490 e. The summed E-state index contributed by atoms with van der Waals surface area (Å²) in [5.74, 6) is -0.667. The highest BCUT2D eigenvalue weighted by molar-refractivity contribution is 6.35. The Morgan fingerprint density at radius 2 is 1.69 bits per heavy atom. The van der Waals surface area contributed by atoms with Crippen molar-refractivity contribution >= 4 is 46.7 Å².